The van der Waals surface area contributed by atoms with E-state index in [1.807, 2.05) is 49.4 Å². The number of hydrogen-bond acceptors (Lipinski definition) is 5. The van der Waals surface area contributed by atoms with E-state index in [0.29, 0.717) is 82.2 Å². The molecule has 0 spiro atoms. The lowest BCUT2D eigenvalue weighted by atomic mass is 9.87. The molecule has 2 amide bonds. The topological polar surface area (TPSA) is 92.2 Å². The summed E-state index contributed by atoms with van der Waals surface area (Å²) >= 11 is 13.5. The average Bonchev–Trinajstić information content (AvgIpc) is 3.29. The summed E-state index contributed by atoms with van der Waals surface area (Å²) in [5.74, 6) is 1.68. The van der Waals surface area contributed by atoms with E-state index in [1.165, 1.54) is 0 Å². The monoisotopic (exact) mass is 644 g/mol. The Kier molecular flexibility index (Phi) is 9.75. The molecule has 1 saturated heterocycles. The number of hydrogen-bond donors (Lipinski definition) is 2. The molecule has 2 N–H and O–H groups in total. The van der Waals surface area contributed by atoms with E-state index in [9.17, 15) is 14.0 Å². The highest BCUT2D eigenvalue weighted by atomic mass is 35.5. The standard InChI is InChI=1S/C33H43Cl2FN6O2/c1-19-6-9-22(10-7-19)38-31(43)24-16-26-30(40-29(24)42-14-12-21(36)13-15-42)41(5)27(39-26)17-23-25(34)11-8-20(28(23)35)18-37-32(44)33(2,3)4/h8,11,16,19,21-22H,6-7,9-10,12-15,17-18H2,1-5H3,(H,37,44)(H,38,43). The number of imidazole rings is 1. The van der Waals surface area contributed by atoms with Crippen LogP contribution in [-0.4, -0.2) is 51.7 Å². The van der Waals surface area contributed by atoms with Gasteiger partial charge in [-0.2, -0.15) is 0 Å². The predicted octanol–water partition coefficient (Wildman–Crippen LogP) is 6.78. The number of carbonyl (C=O) groups excluding carboxylic acids is 2. The van der Waals surface area contributed by atoms with Gasteiger partial charge in [0.1, 0.15) is 23.3 Å². The molecule has 3 aromatic rings. The third-order valence-electron chi connectivity index (χ3n) is 8.96. The highest BCUT2D eigenvalue weighted by Gasteiger charge is 2.28. The summed E-state index contributed by atoms with van der Waals surface area (Å²) in [6, 6.07) is 5.54. The largest absolute Gasteiger partial charge is 0.356 e. The third kappa shape index (κ3) is 7.15. The van der Waals surface area contributed by atoms with E-state index in [2.05, 4.69) is 17.6 Å². The molecule has 238 valence electrons. The van der Waals surface area contributed by atoms with Crippen LogP contribution in [-0.2, 0) is 24.8 Å². The zero-order chi connectivity index (χ0) is 31.8. The maximum absolute atomic E-state index is 14.1. The zero-order valence-corrected chi connectivity index (χ0v) is 27.8. The second kappa shape index (κ2) is 13.2. The maximum atomic E-state index is 14.1. The van der Waals surface area contributed by atoms with Gasteiger partial charge in [0.05, 0.1) is 10.6 Å². The lowest BCUT2D eigenvalue weighted by Gasteiger charge is -2.31. The Labute approximate surface area is 269 Å². The van der Waals surface area contributed by atoms with Crippen LogP contribution in [0.2, 0.25) is 10.0 Å². The van der Waals surface area contributed by atoms with Crippen LogP contribution in [0.15, 0.2) is 18.2 Å². The number of anilines is 1. The van der Waals surface area contributed by atoms with E-state index < -0.39 is 11.6 Å². The Morgan fingerprint density at radius 2 is 1.73 bits per heavy atom. The number of benzene rings is 1. The van der Waals surface area contributed by atoms with Crippen molar-refractivity contribution in [2.45, 2.75) is 91.4 Å². The summed E-state index contributed by atoms with van der Waals surface area (Å²) in [7, 11) is 1.88. The van der Waals surface area contributed by atoms with Gasteiger partial charge < -0.3 is 20.1 Å². The number of fused-ring (bicyclic) bond motifs is 1. The number of aromatic nitrogens is 3. The minimum atomic E-state index is -0.841. The van der Waals surface area contributed by atoms with Crippen molar-refractivity contribution in [2.75, 3.05) is 18.0 Å². The van der Waals surface area contributed by atoms with E-state index in [1.54, 1.807) is 6.07 Å². The van der Waals surface area contributed by atoms with Gasteiger partial charge in [-0.05, 0) is 67.7 Å². The Bertz CT molecular complexity index is 1540. The minimum absolute atomic E-state index is 0.0732. The van der Waals surface area contributed by atoms with Gasteiger partial charge in [0.15, 0.2) is 5.65 Å². The highest BCUT2D eigenvalue weighted by Crippen LogP contribution is 2.33. The Hall–Kier alpha value is -2.91. The van der Waals surface area contributed by atoms with Gasteiger partial charge in [0.2, 0.25) is 5.91 Å². The maximum Gasteiger partial charge on any atom is 0.255 e. The number of piperidine rings is 1. The van der Waals surface area contributed by atoms with Crippen molar-refractivity contribution in [2.24, 2.45) is 18.4 Å². The van der Waals surface area contributed by atoms with E-state index in [0.717, 1.165) is 31.2 Å². The Morgan fingerprint density at radius 1 is 1.05 bits per heavy atom. The van der Waals surface area contributed by atoms with E-state index in [4.69, 9.17) is 33.2 Å². The Morgan fingerprint density at radius 3 is 2.39 bits per heavy atom. The third-order valence-corrected chi connectivity index (χ3v) is 9.78. The number of rotatable bonds is 7. The first-order valence-corrected chi connectivity index (χ1v) is 16.4. The van der Waals surface area contributed by atoms with Crippen molar-refractivity contribution in [1.29, 1.82) is 0 Å². The lowest BCUT2D eigenvalue weighted by molar-refractivity contribution is -0.128. The van der Waals surface area contributed by atoms with Gasteiger partial charge in [-0.25, -0.2) is 14.4 Å². The molecule has 0 bridgehead atoms. The number of nitrogens with zero attached hydrogens (tertiary/aromatic N) is 4. The number of pyridine rings is 1. The molecular weight excluding hydrogens is 602 g/mol. The molecule has 0 unspecified atom stereocenters. The van der Waals surface area contributed by atoms with Crippen LogP contribution in [0, 0.1) is 11.3 Å². The van der Waals surface area contributed by atoms with Crippen molar-refractivity contribution in [1.82, 2.24) is 25.2 Å². The number of amides is 2. The van der Waals surface area contributed by atoms with Crippen molar-refractivity contribution in [3.05, 3.63) is 50.8 Å². The number of halogens is 3. The van der Waals surface area contributed by atoms with E-state index in [-0.39, 0.29) is 24.4 Å². The predicted molar refractivity (Wildman–Crippen MR) is 174 cm³/mol. The van der Waals surface area contributed by atoms with Crippen LogP contribution in [0.25, 0.3) is 11.2 Å². The second-order valence-electron chi connectivity index (χ2n) is 13.5. The summed E-state index contributed by atoms with van der Waals surface area (Å²) in [4.78, 5) is 38.0. The van der Waals surface area contributed by atoms with Gasteiger partial charge in [0, 0.05) is 49.6 Å². The Balaban J connectivity index is 1.46. The summed E-state index contributed by atoms with van der Waals surface area (Å²) in [5.41, 5.74) is 2.62. The molecule has 11 heteroatoms. The molecular formula is C33H43Cl2FN6O2. The van der Waals surface area contributed by atoms with Crippen LogP contribution in [0.4, 0.5) is 10.2 Å². The molecule has 1 saturated carbocycles. The fourth-order valence-electron chi connectivity index (χ4n) is 5.99. The molecule has 1 aromatic carbocycles. The molecule has 2 aliphatic rings. The molecule has 1 aliphatic heterocycles. The smallest absolute Gasteiger partial charge is 0.255 e. The number of carbonyl (C=O) groups is 2. The normalized spacial score (nSPS) is 19.8. The van der Waals surface area contributed by atoms with Crippen LogP contribution >= 0.6 is 23.2 Å². The molecule has 0 radical (unpaired) electrons. The molecule has 44 heavy (non-hydrogen) atoms. The first kappa shape index (κ1) is 32.5. The van der Waals surface area contributed by atoms with Gasteiger partial charge in [-0.3, -0.25) is 9.59 Å². The molecule has 8 nitrogen and oxygen atoms in total. The van der Waals surface area contributed by atoms with Gasteiger partial charge in [0.25, 0.3) is 5.91 Å². The highest BCUT2D eigenvalue weighted by molar-refractivity contribution is 6.36. The first-order valence-electron chi connectivity index (χ1n) is 15.6. The van der Waals surface area contributed by atoms with Gasteiger partial charge in [-0.1, -0.05) is 57.0 Å². The van der Waals surface area contributed by atoms with Crippen molar-refractivity contribution < 1.29 is 14.0 Å². The zero-order valence-electron chi connectivity index (χ0n) is 26.3. The van der Waals surface area contributed by atoms with Crippen LogP contribution in [0.1, 0.15) is 93.5 Å². The molecule has 3 heterocycles. The molecule has 2 aromatic heterocycles. The summed E-state index contributed by atoms with van der Waals surface area (Å²) < 4.78 is 15.9. The number of nitrogens with one attached hydrogen (secondary N) is 2. The van der Waals surface area contributed by atoms with E-state index >= 15 is 0 Å². The van der Waals surface area contributed by atoms with Crippen molar-refractivity contribution in [3.63, 3.8) is 0 Å². The molecule has 5 rings (SSSR count). The SMILES string of the molecule is CC1CCC(NC(=O)c2cc3nc(Cc4c(Cl)ccc(CNC(=O)C(C)(C)C)c4Cl)n(C)c3nc2N2CCC(F)CC2)CC1. The first-order chi connectivity index (χ1) is 20.8. The lowest BCUT2D eigenvalue weighted by Crippen LogP contribution is -2.40. The molecule has 1 aliphatic carbocycles. The van der Waals surface area contributed by atoms with Crippen molar-refractivity contribution >= 4 is 52.0 Å². The second-order valence-corrected chi connectivity index (χ2v) is 14.3. The van der Waals surface area contributed by atoms with Crippen LogP contribution < -0.4 is 15.5 Å². The van der Waals surface area contributed by atoms with Gasteiger partial charge in [-0.15, -0.1) is 0 Å². The molecule has 0 atom stereocenters. The van der Waals surface area contributed by atoms with Crippen molar-refractivity contribution in [3.8, 4) is 0 Å². The minimum Gasteiger partial charge on any atom is -0.356 e. The fourth-order valence-corrected chi connectivity index (χ4v) is 6.56. The summed E-state index contributed by atoms with van der Waals surface area (Å²) in [6.07, 6.45) is 4.40. The number of alkyl halides is 1. The number of aryl methyl sites for hydroxylation is 1. The quantitative estimate of drug-likeness (QED) is 0.296. The molecule has 2 fully saturated rings. The fraction of sp³-hybridized carbons (Fsp3) is 0.576. The van der Waals surface area contributed by atoms with Crippen LogP contribution in [0.5, 0.6) is 0 Å². The summed E-state index contributed by atoms with van der Waals surface area (Å²) in [6.45, 7) is 9.10. The summed E-state index contributed by atoms with van der Waals surface area (Å²) in [5, 5.41) is 7.16. The van der Waals surface area contributed by atoms with Gasteiger partial charge >= 0.3 is 0 Å². The average molecular weight is 646 g/mol. The van der Waals surface area contributed by atoms with Crippen LogP contribution in [0.3, 0.4) is 0 Å².